The van der Waals surface area contributed by atoms with E-state index in [9.17, 15) is 4.57 Å². The highest BCUT2D eigenvalue weighted by Gasteiger charge is 2.12. The molecule has 0 aliphatic heterocycles. The summed E-state index contributed by atoms with van der Waals surface area (Å²) in [5, 5.41) is 0. The molecule has 5 nitrogen and oxygen atoms in total. The molecule has 0 saturated carbocycles. The zero-order valence-electron chi connectivity index (χ0n) is 28.8. The molecule has 4 N–H and O–H groups in total. The van der Waals surface area contributed by atoms with E-state index in [4.69, 9.17) is 15.5 Å². The van der Waals surface area contributed by atoms with E-state index in [-0.39, 0.29) is 6.61 Å². The Balaban J connectivity index is 0. The van der Waals surface area contributed by atoms with Crippen LogP contribution in [0.15, 0.2) is 0 Å². The minimum atomic E-state index is -4.26. The van der Waals surface area contributed by atoms with Crippen LogP contribution in [0.5, 0.6) is 0 Å². The second-order valence-corrected chi connectivity index (χ2v) is 14.0. The van der Waals surface area contributed by atoms with Gasteiger partial charge in [-0.15, -0.1) is 0 Å². The number of phosphoric acid groups is 1. The van der Waals surface area contributed by atoms with Crippen LogP contribution in [0.4, 0.5) is 0 Å². The standard InChI is InChI=1S/C18H39N.C18H39O4P/c1-2-3-4-5-6-7-8-9-10-11-12-13-14-15-16-17-18-19;1-2-3-4-5-6-7-8-9-10-11-12-13-14-15-16-17-18-22-23(19,20)21/h2-19H2,1H3;2-18H2,1H3,(H2,19,20,21). The summed E-state index contributed by atoms with van der Waals surface area (Å²) in [6.45, 7) is 5.60. The molecule has 0 spiro atoms. The molecule has 0 heterocycles. The third kappa shape index (κ3) is 47.0. The van der Waals surface area contributed by atoms with E-state index in [2.05, 4.69) is 18.4 Å². The summed E-state index contributed by atoms with van der Waals surface area (Å²) in [7, 11) is -4.26. The van der Waals surface area contributed by atoms with Crippen molar-refractivity contribution >= 4 is 7.82 Å². The minimum absolute atomic E-state index is 0.169. The second-order valence-electron chi connectivity index (χ2n) is 12.7. The largest absolute Gasteiger partial charge is 0.469 e. The van der Waals surface area contributed by atoms with Gasteiger partial charge in [-0.3, -0.25) is 4.52 Å². The number of hydrogen-bond acceptors (Lipinski definition) is 3. The second kappa shape index (κ2) is 39.1. The average molecular weight is 620 g/mol. The molecular weight excluding hydrogens is 541 g/mol. The van der Waals surface area contributed by atoms with Gasteiger partial charge in [-0.1, -0.05) is 206 Å². The van der Waals surface area contributed by atoms with Crippen molar-refractivity contribution < 1.29 is 18.9 Å². The van der Waals surface area contributed by atoms with Crippen molar-refractivity contribution in [3.63, 3.8) is 0 Å². The molecule has 0 aromatic carbocycles. The van der Waals surface area contributed by atoms with Crippen LogP contribution in [0.2, 0.25) is 0 Å². The highest BCUT2D eigenvalue weighted by molar-refractivity contribution is 7.46. The van der Waals surface area contributed by atoms with Crippen molar-refractivity contribution in [3.05, 3.63) is 0 Å². The van der Waals surface area contributed by atoms with E-state index in [0.717, 1.165) is 25.8 Å². The van der Waals surface area contributed by atoms with Crippen molar-refractivity contribution in [1.82, 2.24) is 0 Å². The third-order valence-electron chi connectivity index (χ3n) is 8.32. The number of phosphoric ester groups is 1. The van der Waals surface area contributed by atoms with Gasteiger partial charge >= 0.3 is 7.82 Å². The molecule has 0 unspecified atom stereocenters. The van der Waals surface area contributed by atoms with E-state index in [1.54, 1.807) is 0 Å². The average Bonchev–Trinajstić information content (AvgIpc) is 2.96. The Morgan fingerprint density at radius 2 is 0.619 bits per heavy atom. The number of unbranched alkanes of at least 4 members (excludes halogenated alkanes) is 30. The lowest BCUT2D eigenvalue weighted by atomic mass is 10.0. The Bertz CT molecular complexity index is 499. The van der Waals surface area contributed by atoms with Crippen LogP contribution in [0.3, 0.4) is 0 Å². The smallest absolute Gasteiger partial charge is 0.330 e. The Morgan fingerprint density at radius 3 is 0.833 bits per heavy atom. The summed E-state index contributed by atoms with van der Waals surface area (Å²) in [6, 6.07) is 0. The van der Waals surface area contributed by atoms with E-state index in [1.165, 1.54) is 186 Å². The van der Waals surface area contributed by atoms with Gasteiger partial charge in [-0.2, -0.15) is 0 Å². The molecule has 0 amide bonds. The van der Waals surface area contributed by atoms with Gasteiger partial charge in [-0.05, 0) is 19.4 Å². The Morgan fingerprint density at radius 1 is 0.405 bits per heavy atom. The Kier molecular flexibility index (Phi) is 41.1. The van der Waals surface area contributed by atoms with Crippen LogP contribution in [0.1, 0.15) is 219 Å². The monoisotopic (exact) mass is 620 g/mol. The van der Waals surface area contributed by atoms with Gasteiger partial charge in [0, 0.05) is 0 Å². The lowest BCUT2D eigenvalue weighted by Gasteiger charge is -2.05. The zero-order chi connectivity index (χ0) is 31.2. The lowest BCUT2D eigenvalue weighted by molar-refractivity contribution is 0.193. The van der Waals surface area contributed by atoms with Gasteiger partial charge in [0.25, 0.3) is 0 Å². The first-order valence-electron chi connectivity index (χ1n) is 18.9. The van der Waals surface area contributed by atoms with Crippen molar-refractivity contribution in [1.29, 1.82) is 0 Å². The predicted molar refractivity (Wildman–Crippen MR) is 186 cm³/mol. The maximum Gasteiger partial charge on any atom is 0.469 e. The number of nitrogens with two attached hydrogens (primary N) is 1. The number of rotatable bonds is 34. The van der Waals surface area contributed by atoms with E-state index >= 15 is 0 Å². The first-order chi connectivity index (χ1) is 20.5. The van der Waals surface area contributed by atoms with Crippen molar-refractivity contribution in [2.75, 3.05) is 13.2 Å². The van der Waals surface area contributed by atoms with E-state index in [0.29, 0.717) is 0 Å². The van der Waals surface area contributed by atoms with Crippen LogP contribution < -0.4 is 5.73 Å². The molecule has 42 heavy (non-hydrogen) atoms. The van der Waals surface area contributed by atoms with Crippen LogP contribution in [-0.2, 0) is 9.09 Å². The third-order valence-corrected chi connectivity index (χ3v) is 8.83. The molecule has 6 heteroatoms. The molecular formula is C36H78NO4P. The maximum absolute atomic E-state index is 10.5. The molecule has 0 aromatic rings. The fraction of sp³-hybridized carbons (Fsp3) is 1.00. The Hall–Kier alpha value is 0.0700. The van der Waals surface area contributed by atoms with Crippen molar-refractivity contribution in [3.8, 4) is 0 Å². The SMILES string of the molecule is CCCCCCCCCCCCCCCCCCN.CCCCCCCCCCCCCCCCCCOP(=O)(O)O. The quantitative estimate of drug-likeness (QED) is 0.0492. The molecule has 0 saturated heterocycles. The van der Waals surface area contributed by atoms with Gasteiger partial charge in [0.1, 0.15) is 0 Å². The molecule has 0 bridgehead atoms. The molecule has 0 fully saturated rings. The highest BCUT2D eigenvalue weighted by Crippen LogP contribution is 2.35. The molecule has 256 valence electrons. The fourth-order valence-corrected chi connectivity index (χ4v) is 5.89. The van der Waals surface area contributed by atoms with Gasteiger partial charge in [0.05, 0.1) is 6.61 Å². The highest BCUT2D eigenvalue weighted by atomic mass is 31.2. The van der Waals surface area contributed by atoms with Crippen LogP contribution in [0, 0.1) is 0 Å². The van der Waals surface area contributed by atoms with Gasteiger partial charge < -0.3 is 15.5 Å². The molecule has 0 aliphatic rings. The summed E-state index contributed by atoms with van der Waals surface area (Å²) >= 11 is 0. The van der Waals surface area contributed by atoms with Gasteiger partial charge in [0.15, 0.2) is 0 Å². The maximum atomic E-state index is 10.5. The first-order valence-corrected chi connectivity index (χ1v) is 20.4. The summed E-state index contributed by atoms with van der Waals surface area (Å²) in [5.41, 5.74) is 5.48. The number of hydrogen-bond donors (Lipinski definition) is 3. The molecule has 0 radical (unpaired) electrons. The summed E-state index contributed by atoms with van der Waals surface area (Å²) in [5.74, 6) is 0. The van der Waals surface area contributed by atoms with Gasteiger partial charge in [-0.25, -0.2) is 4.57 Å². The van der Waals surface area contributed by atoms with E-state index in [1.807, 2.05) is 0 Å². The minimum Gasteiger partial charge on any atom is -0.330 e. The molecule has 0 atom stereocenters. The molecule has 0 rings (SSSR count). The van der Waals surface area contributed by atoms with Crippen LogP contribution in [0.25, 0.3) is 0 Å². The normalized spacial score (nSPS) is 11.5. The van der Waals surface area contributed by atoms with Crippen molar-refractivity contribution in [2.24, 2.45) is 5.73 Å². The molecule has 0 aromatic heterocycles. The summed E-state index contributed by atoms with van der Waals surface area (Å²) in [4.78, 5) is 17.1. The summed E-state index contributed by atoms with van der Waals surface area (Å²) < 4.78 is 14.9. The molecule has 0 aliphatic carbocycles. The van der Waals surface area contributed by atoms with Crippen LogP contribution >= 0.6 is 7.82 Å². The van der Waals surface area contributed by atoms with Gasteiger partial charge in [0.2, 0.25) is 0 Å². The predicted octanol–water partition coefficient (Wildman–Crippen LogP) is 12.6. The Labute approximate surface area is 264 Å². The van der Waals surface area contributed by atoms with E-state index < -0.39 is 7.82 Å². The zero-order valence-corrected chi connectivity index (χ0v) is 29.7. The topological polar surface area (TPSA) is 92.8 Å². The van der Waals surface area contributed by atoms with Crippen molar-refractivity contribution in [2.45, 2.75) is 219 Å². The fourth-order valence-electron chi connectivity index (χ4n) is 5.53. The van der Waals surface area contributed by atoms with Crippen LogP contribution in [-0.4, -0.2) is 22.9 Å². The lowest BCUT2D eigenvalue weighted by Crippen LogP contribution is -1.97. The summed E-state index contributed by atoms with van der Waals surface area (Å²) in [6.07, 6.45) is 43.5. The first kappa shape index (κ1) is 44.2.